The number of methoxy groups -OCH3 is 1. The fraction of sp³-hybridized carbons (Fsp3) is 0.125. The minimum Gasteiger partial charge on any atom is -0.496 e. The number of para-hydroxylation sites is 2. The van der Waals surface area contributed by atoms with Gasteiger partial charge in [-0.15, -0.1) is 0 Å². The van der Waals surface area contributed by atoms with E-state index < -0.39 is 0 Å². The molecule has 0 amide bonds. The Labute approximate surface area is 111 Å². The molecule has 1 N–H and O–H groups in total. The first-order valence-electron chi connectivity index (χ1n) is 6.11. The monoisotopic (exact) mass is 252 g/mol. The van der Waals surface area contributed by atoms with Crippen molar-refractivity contribution < 1.29 is 9.47 Å². The van der Waals surface area contributed by atoms with E-state index in [1.54, 1.807) is 13.3 Å². The third-order valence-electron chi connectivity index (χ3n) is 3.05. The molecule has 1 aromatic heterocycles. The molecule has 3 nitrogen and oxygen atoms in total. The number of nitrogens with one attached hydrogen (secondary N) is 1. The smallest absolute Gasteiger partial charge is 0.143 e. The van der Waals surface area contributed by atoms with Crippen LogP contribution in [-0.2, 0) is 6.61 Å². The first-order valence-corrected chi connectivity index (χ1v) is 6.11. The molecule has 19 heavy (non-hydrogen) atoms. The molecule has 1 heterocycles. The summed E-state index contributed by atoms with van der Waals surface area (Å²) < 4.78 is 11.2. The van der Waals surface area contributed by atoms with Crippen molar-refractivity contribution in [3.8, 4) is 11.5 Å². The van der Waals surface area contributed by atoms with Crippen LogP contribution in [0.1, 0.15) is 5.56 Å². The first-order chi connectivity index (χ1) is 9.38. The molecule has 0 spiro atoms. The van der Waals surface area contributed by atoms with Gasteiger partial charge in [0.1, 0.15) is 18.1 Å². The quantitative estimate of drug-likeness (QED) is 0.770. The minimum atomic E-state index is 0.474. The van der Waals surface area contributed by atoms with Crippen molar-refractivity contribution in [2.45, 2.75) is 6.61 Å². The Morgan fingerprint density at radius 1 is 1.05 bits per heavy atom. The Bertz CT molecular complexity index is 688. The molecule has 2 aromatic carbocycles. The molecule has 0 bridgehead atoms. The summed E-state index contributed by atoms with van der Waals surface area (Å²) in [5, 5.41) is 1.03. The van der Waals surface area contributed by atoms with E-state index in [1.807, 2.05) is 42.5 Å². The van der Waals surface area contributed by atoms with Crippen molar-refractivity contribution in [1.82, 2.24) is 4.98 Å². The molecule has 3 aromatic rings. The Morgan fingerprint density at radius 2 is 1.89 bits per heavy atom. The van der Waals surface area contributed by atoms with E-state index in [1.165, 1.54) is 0 Å². The summed E-state index contributed by atoms with van der Waals surface area (Å²) in [5.74, 6) is 1.66. The van der Waals surface area contributed by atoms with E-state index in [9.17, 15) is 0 Å². The zero-order valence-corrected chi connectivity index (χ0v) is 10.6. The van der Waals surface area contributed by atoms with Crippen molar-refractivity contribution in [1.29, 1.82) is 0 Å². The standard InChI is InChI=1S/C16H14NO2/c1-18-14-7-3-2-5-13(14)11-19-15-8-4-6-12-9-10-17-16(12)15/h2-8,10,17H,11H2,1H3. The average molecular weight is 252 g/mol. The van der Waals surface area contributed by atoms with Crippen molar-refractivity contribution in [2.75, 3.05) is 7.11 Å². The summed E-state index contributed by atoms with van der Waals surface area (Å²) in [4.78, 5) is 3.14. The summed E-state index contributed by atoms with van der Waals surface area (Å²) in [6.45, 7) is 0.474. The van der Waals surface area contributed by atoms with Crippen LogP contribution in [-0.4, -0.2) is 12.1 Å². The maximum absolute atomic E-state index is 5.87. The number of aromatic amines is 1. The number of fused-ring (bicyclic) bond motifs is 1. The van der Waals surface area contributed by atoms with Gasteiger partial charge < -0.3 is 14.5 Å². The first kappa shape index (κ1) is 11.7. The summed E-state index contributed by atoms with van der Waals surface area (Å²) in [7, 11) is 1.67. The van der Waals surface area contributed by atoms with E-state index in [-0.39, 0.29) is 0 Å². The molecule has 1 radical (unpaired) electrons. The molecule has 0 fully saturated rings. The van der Waals surface area contributed by atoms with Crippen molar-refractivity contribution >= 4 is 10.9 Å². The number of H-pyrrole nitrogens is 1. The van der Waals surface area contributed by atoms with Crippen molar-refractivity contribution in [3.63, 3.8) is 0 Å². The van der Waals surface area contributed by atoms with Crippen LogP contribution in [0.5, 0.6) is 11.5 Å². The average Bonchev–Trinajstić information content (AvgIpc) is 2.94. The summed E-state index contributed by atoms with van der Waals surface area (Å²) >= 11 is 0. The molecule has 95 valence electrons. The Hall–Kier alpha value is -2.42. The minimum absolute atomic E-state index is 0.474. The zero-order chi connectivity index (χ0) is 13.1. The number of hydrogen-bond acceptors (Lipinski definition) is 2. The van der Waals surface area contributed by atoms with Crippen LogP contribution in [0.25, 0.3) is 10.9 Å². The van der Waals surface area contributed by atoms with Gasteiger partial charge in [-0.3, -0.25) is 0 Å². The van der Waals surface area contributed by atoms with Gasteiger partial charge in [-0.1, -0.05) is 30.3 Å². The largest absolute Gasteiger partial charge is 0.496 e. The lowest BCUT2D eigenvalue weighted by Crippen LogP contribution is -1.98. The molecule has 0 unspecified atom stereocenters. The number of aromatic nitrogens is 1. The van der Waals surface area contributed by atoms with Gasteiger partial charge in [0.2, 0.25) is 0 Å². The summed E-state index contributed by atoms with van der Waals surface area (Å²) in [6.07, 6.45) is 1.79. The zero-order valence-electron chi connectivity index (χ0n) is 10.6. The molecule has 0 saturated carbocycles. The van der Waals surface area contributed by atoms with Crippen LogP contribution >= 0.6 is 0 Å². The summed E-state index contributed by atoms with van der Waals surface area (Å²) in [6, 6.07) is 16.9. The lowest BCUT2D eigenvalue weighted by Gasteiger charge is -2.10. The molecule has 0 atom stereocenters. The topological polar surface area (TPSA) is 34.2 Å². The highest BCUT2D eigenvalue weighted by Gasteiger charge is 2.06. The number of benzene rings is 2. The van der Waals surface area contributed by atoms with Crippen LogP contribution in [0.15, 0.2) is 48.7 Å². The molecular formula is C16H14NO2. The maximum Gasteiger partial charge on any atom is 0.143 e. The van der Waals surface area contributed by atoms with Crippen molar-refractivity contribution in [3.05, 3.63) is 60.3 Å². The van der Waals surface area contributed by atoms with Gasteiger partial charge in [0.15, 0.2) is 0 Å². The molecule has 0 aliphatic heterocycles. The maximum atomic E-state index is 5.87. The van der Waals surface area contributed by atoms with Gasteiger partial charge >= 0.3 is 0 Å². The van der Waals surface area contributed by atoms with Crippen molar-refractivity contribution in [2.24, 2.45) is 0 Å². The van der Waals surface area contributed by atoms with Gasteiger partial charge in [-0.25, -0.2) is 0 Å². The Morgan fingerprint density at radius 3 is 2.79 bits per heavy atom. The second-order valence-corrected chi connectivity index (χ2v) is 4.21. The number of ether oxygens (including phenoxy) is 2. The third kappa shape index (κ3) is 2.27. The molecule has 0 aliphatic carbocycles. The van der Waals surface area contributed by atoms with Gasteiger partial charge in [0.05, 0.1) is 12.6 Å². The van der Waals surface area contributed by atoms with Gasteiger partial charge in [-0.2, -0.15) is 0 Å². The van der Waals surface area contributed by atoms with E-state index in [4.69, 9.17) is 9.47 Å². The second kappa shape index (κ2) is 5.06. The predicted octanol–water partition coefficient (Wildman–Crippen LogP) is 3.56. The molecular weight excluding hydrogens is 238 g/mol. The molecule has 3 rings (SSSR count). The highest BCUT2D eigenvalue weighted by Crippen LogP contribution is 2.26. The van der Waals surface area contributed by atoms with Crippen LogP contribution < -0.4 is 9.47 Å². The van der Waals surface area contributed by atoms with E-state index >= 15 is 0 Å². The highest BCUT2D eigenvalue weighted by molar-refractivity contribution is 5.84. The van der Waals surface area contributed by atoms with Crippen LogP contribution in [0.4, 0.5) is 0 Å². The normalized spacial score (nSPS) is 10.6. The van der Waals surface area contributed by atoms with E-state index in [2.05, 4.69) is 11.1 Å². The van der Waals surface area contributed by atoms with E-state index in [0.29, 0.717) is 6.61 Å². The molecule has 3 heteroatoms. The number of rotatable bonds is 4. The van der Waals surface area contributed by atoms with Gasteiger partial charge in [0.25, 0.3) is 0 Å². The lowest BCUT2D eigenvalue weighted by molar-refractivity contribution is 0.299. The summed E-state index contributed by atoms with van der Waals surface area (Å²) in [5.41, 5.74) is 2.00. The Kier molecular flexibility index (Phi) is 3.11. The molecule has 0 aliphatic rings. The Balaban J connectivity index is 1.84. The van der Waals surface area contributed by atoms with E-state index in [0.717, 1.165) is 28.0 Å². The number of hydrogen-bond donors (Lipinski definition) is 1. The van der Waals surface area contributed by atoms with Crippen LogP contribution in [0, 0.1) is 6.07 Å². The SMILES string of the molecule is COc1ccccc1COc1cccc2[c]c[nH]c12. The lowest BCUT2D eigenvalue weighted by atomic mass is 10.2. The third-order valence-corrected chi connectivity index (χ3v) is 3.05. The van der Waals surface area contributed by atoms with Crippen LogP contribution in [0.2, 0.25) is 0 Å². The fourth-order valence-corrected chi connectivity index (χ4v) is 2.08. The van der Waals surface area contributed by atoms with Gasteiger partial charge in [0, 0.05) is 23.2 Å². The molecule has 0 saturated heterocycles. The second-order valence-electron chi connectivity index (χ2n) is 4.21. The predicted molar refractivity (Wildman–Crippen MR) is 74.5 cm³/mol. The highest BCUT2D eigenvalue weighted by atomic mass is 16.5. The van der Waals surface area contributed by atoms with Gasteiger partial charge in [-0.05, 0) is 12.1 Å². The van der Waals surface area contributed by atoms with Crippen LogP contribution in [0.3, 0.4) is 0 Å². The fourth-order valence-electron chi connectivity index (χ4n) is 2.08.